The molecule has 0 spiro atoms. The van der Waals surface area contributed by atoms with Gasteiger partial charge in [-0.25, -0.2) is 14.4 Å². The first kappa shape index (κ1) is 18.6. The van der Waals surface area contributed by atoms with Gasteiger partial charge in [-0.2, -0.15) is 0 Å². The maximum absolute atomic E-state index is 14.0. The van der Waals surface area contributed by atoms with Gasteiger partial charge in [-0.05, 0) is 30.3 Å². The minimum Gasteiger partial charge on any atom is -0.353 e. The van der Waals surface area contributed by atoms with Crippen LogP contribution in [0.15, 0.2) is 73.1 Å². The number of para-hydroxylation sites is 1. The van der Waals surface area contributed by atoms with E-state index in [4.69, 9.17) is 9.97 Å². The molecular formula is C24H22FN5. The first-order valence-corrected chi connectivity index (χ1v) is 10.2. The summed E-state index contributed by atoms with van der Waals surface area (Å²) < 4.78 is 14.0. The number of hydrogen-bond acceptors (Lipinski definition) is 5. The number of piperazine rings is 1. The Kier molecular flexibility index (Phi) is 5.07. The Morgan fingerprint density at radius 2 is 1.53 bits per heavy atom. The van der Waals surface area contributed by atoms with Crippen LogP contribution in [0.25, 0.3) is 22.3 Å². The largest absolute Gasteiger partial charge is 0.353 e. The summed E-state index contributed by atoms with van der Waals surface area (Å²) >= 11 is 0. The number of rotatable bonds is 4. The van der Waals surface area contributed by atoms with Crippen molar-refractivity contribution >= 4 is 16.7 Å². The zero-order chi connectivity index (χ0) is 20.3. The molecule has 0 radical (unpaired) electrons. The van der Waals surface area contributed by atoms with Crippen molar-refractivity contribution in [2.24, 2.45) is 0 Å². The molecule has 5 rings (SSSR count). The van der Waals surface area contributed by atoms with E-state index in [-0.39, 0.29) is 5.82 Å². The molecule has 0 saturated carbocycles. The molecule has 6 heteroatoms. The second-order valence-corrected chi connectivity index (χ2v) is 7.48. The number of fused-ring (bicyclic) bond motifs is 1. The molecule has 0 atom stereocenters. The molecule has 150 valence electrons. The van der Waals surface area contributed by atoms with Crippen LogP contribution >= 0.6 is 0 Å². The highest BCUT2D eigenvalue weighted by Crippen LogP contribution is 2.28. The molecule has 30 heavy (non-hydrogen) atoms. The van der Waals surface area contributed by atoms with Gasteiger partial charge < -0.3 is 4.90 Å². The summed E-state index contributed by atoms with van der Waals surface area (Å²) in [5.41, 5.74) is 2.64. The van der Waals surface area contributed by atoms with Gasteiger partial charge >= 0.3 is 0 Å². The number of halogens is 1. The van der Waals surface area contributed by atoms with Crippen LogP contribution < -0.4 is 4.90 Å². The maximum atomic E-state index is 14.0. The number of hydrogen-bond donors (Lipinski definition) is 0. The smallest absolute Gasteiger partial charge is 0.162 e. The quantitative estimate of drug-likeness (QED) is 0.516. The lowest BCUT2D eigenvalue weighted by Crippen LogP contribution is -2.46. The molecule has 5 nitrogen and oxygen atoms in total. The van der Waals surface area contributed by atoms with Gasteiger partial charge in [-0.1, -0.05) is 30.3 Å². The molecule has 1 saturated heterocycles. The molecule has 0 bridgehead atoms. The summed E-state index contributed by atoms with van der Waals surface area (Å²) in [5.74, 6) is 1.53. The Labute approximate surface area is 174 Å². The first-order chi connectivity index (χ1) is 14.8. The van der Waals surface area contributed by atoms with Crippen molar-refractivity contribution < 1.29 is 4.39 Å². The molecular weight excluding hydrogens is 377 g/mol. The van der Waals surface area contributed by atoms with Crippen molar-refractivity contribution in [3.8, 4) is 11.4 Å². The summed E-state index contributed by atoms with van der Waals surface area (Å²) in [4.78, 5) is 18.4. The highest BCUT2D eigenvalue weighted by atomic mass is 19.1. The standard InChI is InChI=1S/C24H22FN5/c25-21-7-3-1-5-19(21)17-29-13-15-30(16-14-29)24-20-6-2-4-8-22(20)27-23(28-24)18-9-11-26-12-10-18/h1-12H,13-17H2. The molecule has 2 aromatic carbocycles. The number of benzene rings is 2. The highest BCUT2D eigenvalue weighted by Gasteiger charge is 2.21. The fourth-order valence-corrected chi connectivity index (χ4v) is 3.92. The van der Waals surface area contributed by atoms with Crippen LogP contribution in [-0.2, 0) is 6.54 Å². The number of nitrogens with zero attached hydrogens (tertiary/aromatic N) is 5. The minimum atomic E-state index is -0.135. The number of aromatic nitrogens is 3. The summed E-state index contributed by atoms with van der Waals surface area (Å²) in [6.07, 6.45) is 3.52. The third-order valence-electron chi connectivity index (χ3n) is 5.55. The summed E-state index contributed by atoms with van der Waals surface area (Å²) in [5, 5.41) is 1.05. The van der Waals surface area contributed by atoms with Gasteiger partial charge in [0.2, 0.25) is 0 Å². The molecule has 3 heterocycles. The minimum absolute atomic E-state index is 0.135. The zero-order valence-electron chi connectivity index (χ0n) is 16.6. The Bertz CT molecular complexity index is 1160. The maximum Gasteiger partial charge on any atom is 0.162 e. The van der Waals surface area contributed by atoms with Gasteiger partial charge in [0.05, 0.1) is 5.52 Å². The molecule has 0 amide bonds. The monoisotopic (exact) mass is 399 g/mol. The summed E-state index contributed by atoms with van der Waals surface area (Å²) in [6, 6.07) is 19.0. The fraction of sp³-hybridized carbons (Fsp3) is 0.208. The van der Waals surface area contributed by atoms with E-state index in [0.717, 1.165) is 54.0 Å². The zero-order valence-corrected chi connectivity index (χ0v) is 16.6. The van der Waals surface area contributed by atoms with Crippen LogP contribution in [-0.4, -0.2) is 46.0 Å². The molecule has 0 N–H and O–H groups in total. The SMILES string of the molecule is Fc1ccccc1CN1CCN(c2nc(-c3ccncc3)nc3ccccc23)CC1. The molecule has 1 fully saturated rings. The predicted octanol–water partition coefficient (Wildman–Crippen LogP) is 4.15. The fourth-order valence-electron chi connectivity index (χ4n) is 3.92. The van der Waals surface area contributed by atoms with Crippen LogP contribution in [0.1, 0.15) is 5.56 Å². The van der Waals surface area contributed by atoms with E-state index >= 15 is 0 Å². The van der Waals surface area contributed by atoms with E-state index < -0.39 is 0 Å². The van der Waals surface area contributed by atoms with E-state index in [1.165, 1.54) is 6.07 Å². The van der Waals surface area contributed by atoms with Crippen LogP contribution in [0, 0.1) is 5.82 Å². The summed E-state index contributed by atoms with van der Waals surface area (Å²) in [6.45, 7) is 4.03. The van der Waals surface area contributed by atoms with Crippen molar-refractivity contribution in [2.45, 2.75) is 6.54 Å². The third kappa shape index (κ3) is 3.74. The molecule has 0 aliphatic carbocycles. The second kappa shape index (κ2) is 8.16. The van der Waals surface area contributed by atoms with E-state index in [9.17, 15) is 4.39 Å². The van der Waals surface area contributed by atoms with Gasteiger partial charge in [0.15, 0.2) is 5.82 Å². The van der Waals surface area contributed by atoms with Crippen LogP contribution in [0.5, 0.6) is 0 Å². The molecule has 4 aromatic rings. The normalized spacial score (nSPS) is 14.9. The third-order valence-corrected chi connectivity index (χ3v) is 5.55. The summed E-state index contributed by atoms with van der Waals surface area (Å²) in [7, 11) is 0. The van der Waals surface area contributed by atoms with E-state index in [1.807, 2.05) is 42.5 Å². The van der Waals surface area contributed by atoms with Crippen molar-refractivity contribution in [1.29, 1.82) is 0 Å². The lowest BCUT2D eigenvalue weighted by molar-refractivity contribution is 0.246. The Morgan fingerprint density at radius 3 is 2.33 bits per heavy atom. The van der Waals surface area contributed by atoms with E-state index in [1.54, 1.807) is 18.5 Å². The topological polar surface area (TPSA) is 45.2 Å². The predicted molar refractivity (Wildman–Crippen MR) is 117 cm³/mol. The molecule has 1 aliphatic rings. The van der Waals surface area contributed by atoms with E-state index in [2.05, 4.69) is 20.9 Å². The van der Waals surface area contributed by atoms with Crippen LogP contribution in [0.2, 0.25) is 0 Å². The van der Waals surface area contributed by atoms with Gasteiger partial charge in [-0.15, -0.1) is 0 Å². The van der Waals surface area contributed by atoms with Crippen molar-refractivity contribution in [1.82, 2.24) is 19.9 Å². The van der Waals surface area contributed by atoms with Crippen molar-refractivity contribution in [3.63, 3.8) is 0 Å². The van der Waals surface area contributed by atoms with Crippen LogP contribution in [0.3, 0.4) is 0 Å². The van der Waals surface area contributed by atoms with Gasteiger partial charge in [0.25, 0.3) is 0 Å². The highest BCUT2D eigenvalue weighted by molar-refractivity contribution is 5.91. The van der Waals surface area contributed by atoms with Crippen molar-refractivity contribution in [2.75, 3.05) is 31.1 Å². The molecule has 1 aliphatic heterocycles. The van der Waals surface area contributed by atoms with Gasteiger partial charge in [0.1, 0.15) is 11.6 Å². The van der Waals surface area contributed by atoms with E-state index in [0.29, 0.717) is 12.4 Å². The lowest BCUT2D eigenvalue weighted by Gasteiger charge is -2.36. The average molecular weight is 399 g/mol. The average Bonchev–Trinajstić information content (AvgIpc) is 2.81. The lowest BCUT2D eigenvalue weighted by atomic mass is 10.1. The Morgan fingerprint density at radius 1 is 0.800 bits per heavy atom. The molecule has 0 unspecified atom stereocenters. The molecule has 2 aromatic heterocycles. The van der Waals surface area contributed by atoms with Gasteiger partial charge in [-0.3, -0.25) is 9.88 Å². The van der Waals surface area contributed by atoms with Crippen molar-refractivity contribution in [3.05, 3.63) is 84.4 Å². The number of anilines is 1. The number of pyridine rings is 1. The Balaban J connectivity index is 1.41. The first-order valence-electron chi connectivity index (χ1n) is 10.2. The van der Waals surface area contributed by atoms with Crippen LogP contribution in [0.4, 0.5) is 10.2 Å². The Hall–Kier alpha value is -3.38. The second-order valence-electron chi connectivity index (χ2n) is 7.48. The van der Waals surface area contributed by atoms with Gasteiger partial charge in [0, 0.05) is 61.6 Å².